The third-order valence-corrected chi connectivity index (χ3v) is 1.24. The van der Waals surface area contributed by atoms with Gasteiger partial charge in [-0.25, -0.2) is 0 Å². The van der Waals surface area contributed by atoms with Gasteiger partial charge in [0.05, 0.1) is 0 Å². The lowest BCUT2D eigenvalue weighted by Crippen LogP contribution is -2.45. The van der Waals surface area contributed by atoms with Gasteiger partial charge in [-0.3, -0.25) is 4.79 Å². The van der Waals surface area contributed by atoms with Gasteiger partial charge in [0.2, 0.25) is 5.28 Å². The second kappa shape index (κ2) is 3.18. The van der Waals surface area contributed by atoms with Gasteiger partial charge in [0, 0.05) is 13.8 Å². The minimum Gasteiger partial charge on any atom is -0.596 e. The summed E-state index contributed by atoms with van der Waals surface area (Å²) in [5.41, 5.74) is 3.54. The largest absolute Gasteiger partial charge is 0.596 e. The number of amides is 1. The van der Waals surface area contributed by atoms with Gasteiger partial charge in [-0.2, -0.15) is 0 Å². The number of hydroxylamine groups is 1. The van der Waals surface area contributed by atoms with Gasteiger partial charge in [-0.1, -0.05) is 0 Å². The van der Waals surface area contributed by atoms with Crippen LogP contribution in [0.3, 0.4) is 0 Å². The van der Waals surface area contributed by atoms with Crippen LogP contribution in [0.25, 0.3) is 0 Å². The zero-order chi connectivity index (χ0) is 9.07. The SMILES string of the molecule is CO/N=[N+](\[O-])C(C)(C)C(N)=O. The van der Waals surface area contributed by atoms with Crippen LogP contribution in [0.4, 0.5) is 0 Å². The van der Waals surface area contributed by atoms with E-state index in [0.717, 1.165) is 0 Å². The molecular weight excluding hydrogens is 150 g/mol. The minimum absolute atomic E-state index is 0.120. The Labute approximate surface area is 64.2 Å². The molecule has 1 amide bonds. The molecule has 0 aliphatic rings. The van der Waals surface area contributed by atoms with E-state index in [1.807, 2.05) is 0 Å². The number of carbonyl (C=O) groups excluding carboxylic acids is 1. The number of hydrogen-bond donors (Lipinski definition) is 1. The van der Waals surface area contributed by atoms with E-state index in [0.29, 0.717) is 0 Å². The molecule has 6 nitrogen and oxygen atoms in total. The van der Waals surface area contributed by atoms with Gasteiger partial charge in [0.25, 0.3) is 11.4 Å². The molecule has 0 bridgehead atoms. The Balaban J connectivity index is 4.55. The molecule has 0 saturated heterocycles. The summed E-state index contributed by atoms with van der Waals surface area (Å²) in [7, 11) is 1.21. The van der Waals surface area contributed by atoms with Crippen LogP contribution in [0, 0.1) is 5.21 Å². The third kappa shape index (κ3) is 2.06. The van der Waals surface area contributed by atoms with Gasteiger partial charge >= 0.3 is 0 Å². The molecular formula is C5H11N3O3. The zero-order valence-corrected chi connectivity index (χ0v) is 6.70. The molecule has 0 atom stereocenters. The van der Waals surface area contributed by atoms with Crippen molar-refractivity contribution in [3.05, 3.63) is 5.21 Å². The van der Waals surface area contributed by atoms with Crippen molar-refractivity contribution in [1.82, 2.24) is 0 Å². The lowest BCUT2D eigenvalue weighted by atomic mass is 10.1. The second-order valence-corrected chi connectivity index (χ2v) is 2.46. The van der Waals surface area contributed by atoms with Crippen molar-refractivity contribution < 1.29 is 14.5 Å². The maximum Gasteiger partial charge on any atom is 0.292 e. The van der Waals surface area contributed by atoms with Crippen molar-refractivity contribution in [2.45, 2.75) is 19.4 Å². The molecule has 11 heavy (non-hydrogen) atoms. The number of hydrogen-bond acceptors (Lipinski definition) is 4. The summed E-state index contributed by atoms with van der Waals surface area (Å²) in [6.07, 6.45) is 0. The molecule has 0 fully saturated rings. The zero-order valence-electron chi connectivity index (χ0n) is 6.70. The van der Waals surface area contributed by atoms with E-state index in [-0.39, 0.29) is 4.86 Å². The van der Waals surface area contributed by atoms with Crippen LogP contribution >= 0.6 is 0 Å². The van der Waals surface area contributed by atoms with E-state index < -0.39 is 11.4 Å². The van der Waals surface area contributed by atoms with Crippen molar-refractivity contribution in [1.29, 1.82) is 0 Å². The van der Waals surface area contributed by atoms with Gasteiger partial charge in [-0.15, -0.1) is 0 Å². The monoisotopic (exact) mass is 161 g/mol. The highest BCUT2D eigenvalue weighted by Crippen LogP contribution is 2.06. The summed E-state index contributed by atoms with van der Waals surface area (Å²) in [4.78, 5) is 14.9. The summed E-state index contributed by atoms with van der Waals surface area (Å²) in [5.74, 6) is -0.756. The Morgan fingerprint density at radius 1 is 1.73 bits per heavy atom. The van der Waals surface area contributed by atoms with Crippen molar-refractivity contribution in [2.75, 3.05) is 7.11 Å². The van der Waals surface area contributed by atoms with Crippen LogP contribution in [0.1, 0.15) is 13.8 Å². The first kappa shape index (κ1) is 9.67. The molecule has 0 saturated carbocycles. The molecule has 0 aromatic carbocycles. The Bertz CT molecular complexity index is 187. The molecule has 64 valence electrons. The Hall–Kier alpha value is -1.33. The highest BCUT2D eigenvalue weighted by atomic mass is 16.7. The maximum atomic E-state index is 10.8. The smallest absolute Gasteiger partial charge is 0.292 e. The predicted molar refractivity (Wildman–Crippen MR) is 36.3 cm³/mol. The Morgan fingerprint density at radius 3 is 2.45 bits per heavy atom. The van der Waals surface area contributed by atoms with Gasteiger partial charge in [0.15, 0.2) is 0 Å². The second-order valence-electron chi connectivity index (χ2n) is 2.46. The number of nitrogens with zero attached hydrogens (tertiary/aromatic N) is 2. The Morgan fingerprint density at radius 2 is 2.18 bits per heavy atom. The van der Waals surface area contributed by atoms with Crippen LogP contribution in [-0.4, -0.2) is 23.4 Å². The summed E-state index contributed by atoms with van der Waals surface area (Å²) >= 11 is 0. The molecule has 6 heteroatoms. The quantitative estimate of drug-likeness (QED) is 0.352. The minimum atomic E-state index is -1.37. The van der Waals surface area contributed by atoms with Crippen LogP contribution in [-0.2, 0) is 9.63 Å². The lowest BCUT2D eigenvalue weighted by Gasteiger charge is -2.14. The molecule has 0 rings (SSSR count). The maximum absolute atomic E-state index is 10.8. The molecule has 2 N–H and O–H groups in total. The van der Waals surface area contributed by atoms with Crippen molar-refractivity contribution in [2.24, 2.45) is 11.0 Å². The first-order valence-corrected chi connectivity index (χ1v) is 2.94. The third-order valence-electron chi connectivity index (χ3n) is 1.24. The van der Waals surface area contributed by atoms with E-state index in [9.17, 15) is 10.0 Å². The lowest BCUT2D eigenvalue weighted by molar-refractivity contribution is -0.610. The fourth-order valence-corrected chi connectivity index (χ4v) is 0.270. The predicted octanol–water partition coefficient (Wildman–Crippen LogP) is -0.226. The Kier molecular flexibility index (Phi) is 2.79. The standard InChI is InChI=1S/C5H11N3O3/c1-5(2,4(6)9)8(10)7-11-3/h1-3H3,(H2,6,9)/b8-7-. The van der Waals surface area contributed by atoms with Gasteiger partial charge in [0.1, 0.15) is 7.11 Å². The molecule has 0 unspecified atom stereocenters. The fraction of sp³-hybridized carbons (Fsp3) is 0.800. The van der Waals surface area contributed by atoms with Crippen LogP contribution in [0.15, 0.2) is 5.28 Å². The normalized spacial score (nSPS) is 12.8. The van der Waals surface area contributed by atoms with Crippen molar-refractivity contribution in [3.63, 3.8) is 0 Å². The van der Waals surface area contributed by atoms with E-state index in [1.54, 1.807) is 0 Å². The van der Waals surface area contributed by atoms with Crippen molar-refractivity contribution in [3.8, 4) is 0 Å². The van der Waals surface area contributed by atoms with Crippen LogP contribution in [0.2, 0.25) is 0 Å². The highest BCUT2D eigenvalue weighted by Gasteiger charge is 2.36. The molecule has 0 heterocycles. The average Bonchev–Trinajstić information content (AvgIpc) is 1.88. The molecule has 0 radical (unpaired) electrons. The molecule has 0 aliphatic heterocycles. The highest BCUT2D eigenvalue weighted by molar-refractivity contribution is 5.81. The molecule has 0 aromatic rings. The van der Waals surface area contributed by atoms with Crippen LogP contribution < -0.4 is 5.73 Å². The van der Waals surface area contributed by atoms with E-state index in [2.05, 4.69) is 10.1 Å². The van der Waals surface area contributed by atoms with Crippen molar-refractivity contribution >= 4 is 5.91 Å². The average molecular weight is 161 g/mol. The topological polar surface area (TPSA) is 90.8 Å². The van der Waals surface area contributed by atoms with Gasteiger partial charge < -0.3 is 15.8 Å². The first-order valence-electron chi connectivity index (χ1n) is 2.94. The summed E-state index contributed by atoms with van der Waals surface area (Å²) < 4.78 is 0. The van der Waals surface area contributed by atoms with Gasteiger partial charge in [-0.05, 0) is 4.86 Å². The first-order chi connectivity index (χ1) is 4.92. The number of carbonyl (C=O) groups is 1. The molecule has 0 aromatic heterocycles. The number of nitrogens with two attached hydrogens (primary N) is 1. The molecule has 0 aliphatic carbocycles. The number of rotatable bonds is 3. The summed E-state index contributed by atoms with van der Waals surface area (Å²) in [6, 6.07) is 0. The molecule has 0 spiro atoms. The number of primary amides is 1. The van der Waals surface area contributed by atoms with E-state index in [1.165, 1.54) is 21.0 Å². The van der Waals surface area contributed by atoms with Crippen LogP contribution in [0.5, 0.6) is 0 Å². The summed E-state index contributed by atoms with van der Waals surface area (Å²) in [6.45, 7) is 2.70. The van der Waals surface area contributed by atoms with E-state index >= 15 is 0 Å². The summed E-state index contributed by atoms with van der Waals surface area (Å²) in [5, 5.41) is 13.8. The van der Waals surface area contributed by atoms with E-state index in [4.69, 9.17) is 5.73 Å². The fourth-order valence-electron chi connectivity index (χ4n) is 0.270.